The number of carbonyl (C=O) groups is 1. The third-order valence-corrected chi connectivity index (χ3v) is 6.89. The number of carbonyl (C=O) groups excluding carboxylic acids is 1. The highest BCUT2D eigenvalue weighted by atomic mass is 35.5. The smallest absolute Gasteiger partial charge is 0.237 e. The van der Waals surface area contributed by atoms with Crippen LogP contribution in [0.3, 0.4) is 0 Å². The Hall–Kier alpha value is -2.81. The zero-order valence-corrected chi connectivity index (χ0v) is 19.9. The van der Waals surface area contributed by atoms with Crippen molar-refractivity contribution in [3.8, 4) is 16.5 Å². The molecule has 164 valence electrons. The van der Waals surface area contributed by atoms with Gasteiger partial charge in [-0.3, -0.25) is 9.36 Å². The van der Waals surface area contributed by atoms with E-state index in [0.717, 1.165) is 16.3 Å². The highest BCUT2D eigenvalue weighted by Gasteiger charge is 2.22. The molecule has 0 saturated carbocycles. The van der Waals surface area contributed by atoms with Gasteiger partial charge in [-0.1, -0.05) is 59.8 Å². The Labute approximate surface area is 199 Å². The quantitative estimate of drug-likeness (QED) is 0.318. The van der Waals surface area contributed by atoms with E-state index in [9.17, 15) is 4.79 Å². The molecule has 1 amide bonds. The zero-order chi connectivity index (χ0) is 22.5. The summed E-state index contributed by atoms with van der Waals surface area (Å²) in [5, 5.41) is 14.5. The standard InChI is InChI=1S/C23H21ClN4O2S2/c1-15(22(29)25-18-13-17(24)10-11-19(18)30-2)32-23-27-26-21(20-9-6-12-31-20)28(23)14-16-7-4-3-5-8-16/h3-13,15H,14H2,1-2H3,(H,25,29). The zero-order valence-electron chi connectivity index (χ0n) is 17.5. The number of amides is 1. The fourth-order valence-corrected chi connectivity index (χ4v) is 4.83. The summed E-state index contributed by atoms with van der Waals surface area (Å²) in [6, 6.07) is 19.2. The van der Waals surface area contributed by atoms with Crippen LogP contribution >= 0.6 is 34.7 Å². The average Bonchev–Trinajstić information content (AvgIpc) is 3.45. The molecule has 32 heavy (non-hydrogen) atoms. The first-order chi connectivity index (χ1) is 15.5. The van der Waals surface area contributed by atoms with E-state index in [1.165, 1.54) is 11.8 Å². The van der Waals surface area contributed by atoms with Gasteiger partial charge in [0.2, 0.25) is 5.91 Å². The van der Waals surface area contributed by atoms with E-state index in [2.05, 4.69) is 32.2 Å². The maximum absolute atomic E-state index is 12.9. The summed E-state index contributed by atoms with van der Waals surface area (Å²) in [4.78, 5) is 13.9. The fourth-order valence-electron chi connectivity index (χ4n) is 3.10. The minimum absolute atomic E-state index is 0.178. The van der Waals surface area contributed by atoms with Crippen LogP contribution in [0.5, 0.6) is 5.75 Å². The third kappa shape index (κ3) is 5.15. The SMILES string of the molecule is COc1ccc(Cl)cc1NC(=O)C(C)Sc1nnc(-c2cccs2)n1Cc1ccccc1. The number of thiophene rings is 1. The van der Waals surface area contributed by atoms with Crippen molar-refractivity contribution < 1.29 is 9.53 Å². The molecule has 1 atom stereocenters. The second-order valence-corrected chi connectivity index (χ2v) is 9.64. The Kier molecular flexibility index (Phi) is 7.14. The molecule has 4 rings (SSSR count). The van der Waals surface area contributed by atoms with Crippen molar-refractivity contribution in [1.29, 1.82) is 0 Å². The predicted molar refractivity (Wildman–Crippen MR) is 131 cm³/mol. The van der Waals surface area contributed by atoms with Gasteiger partial charge in [-0.2, -0.15) is 0 Å². The number of nitrogens with zero attached hydrogens (tertiary/aromatic N) is 3. The van der Waals surface area contributed by atoms with E-state index < -0.39 is 5.25 Å². The van der Waals surface area contributed by atoms with Gasteiger partial charge >= 0.3 is 0 Å². The first-order valence-electron chi connectivity index (χ1n) is 9.87. The molecular weight excluding hydrogens is 464 g/mol. The molecule has 0 aliphatic carbocycles. The van der Waals surface area contributed by atoms with E-state index >= 15 is 0 Å². The van der Waals surface area contributed by atoms with Gasteiger partial charge in [0.05, 0.1) is 29.5 Å². The first-order valence-corrected chi connectivity index (χ1v) is 12.0. The van der Waals surface area contributed by atoms with E-state index in [1.807, 2.05) is 42.6 Å². The lowest BCUT2D eigenvalue weighted by molar-refractivity contribution is -0.115. The number of thioether (sulfide) groups is 1. The van der Waals surface area contributed by atoms with Crippen LogP contribution < -0.4 is 10.1 Å². The molecule has 1 unspecified atom stereocenters. The van der Waals surface area contributed by atoms with Crippen LogP contribution in [-0.4, -0.2) is 33.0 Å². The van der Waals surface area contributed by atoms with Gasteiger partial charge in [0.25, 0.3) is 0 Å². The molecule has 0 bridgehead atoms. The molecule has 4 aromatic rings. The summed E-state index contributed by atoms with van der Waals surface area (Å²) < 4.78 is 7.38. The Morgan fingerprint density at radius 2 is 2.00 bits per heavy atom. The third-order valence-electron chi connectivity index (χ3n) is 4.71. The van der Waals surface area contributed by atoms with Gasteiger partial charge < -0.3 is 10.1 Å². The van der Waals surface area contributed by atoms with Gasteiger partial charge in [-0.15, -0.1) is 21.5 Å². The van der Waals surface area contributed by atoms with Crippen LogP contribution in [0.2, 0.25) is 5.02 Å². The van der Waals surface area contributed by atoms with Crippen molar-refractivity contribution in [2.45, 2.75) is 23.9 Å². The van der Waals surface area contributed by atoms with Crippen molar-refractivity contribution in [2.24, 2.45) is 0 Å². The number of ether oxygens (including phenoxy) is 1. The number of benzene rings is 2. The lowest BCUT2D eigenvalue weighted by atomic mass is 10.2. The summed E-state index contributed by atoms with van der Waals surface area (Å²) in [5.74, 6) is 1.16. The molecule has 0 saturated heterocycles. The molecule has 0 aliphatic heterocycles. The second kappa shape index (κ2) is 10.2. The number of halogens is 1. The highest BCUT2D eigenvalue weighted by Crippen LogP contribution is 2.32. The molecule has 1 N–H and O–H groups in total. The Balaban J connectivity index is 1.57. The monoisotopic (exact) mass is 484 g/mol. The minimum Gasteiger partial charge on any atom is -0.495 e. The average molecular weight is 485 g/mol. The Morgan fingerprint density at radius 1 is 1.19 bits per heavy atom. The predicted octanol–water partition coefficient (Wildman–Crippen LogP) is 5.84. The van der Waals surface area contributed by atoms with Gasteiger partial charge in [-0.25, -0.2) is 0 Å². The van der Waals surface area contributed by atoms with Gasteiger partial charge in [-0.05, 0) is 42.1 Å². The summed E-state index contributed by atoms with van der Waals surface area (Å²) in [6.45, 7) is 2.45. The summed E-state index contributed by atoms with van der Waals surface area (Å²) >= 11 is 9.05. The lowest BCUT2D eigenvalue weighted by Crippen LogP contribution is -2.23. The number of nitrogens with one attached hydrogen (secondary N) is 1. The number of hydrogen-bond acceptors (Lipinski definition) is 6. The molecule has 2 aromatic carbocycles. The highest BCUT2D eigenvalue weighted by molar-refractivity contribution is 8.00. The van der Waals surface area contributed by atoms with Crippen LogP contribution in [-0.2, 0) is 11.3 Å². The van der Waals surface area contributed by atoms with Crippen molar-refractivity contribution in [1.82, 2.24) is 14.8 Å². The van der Waals surface area contributed by atoms with Gasteiger partial charge in [0, 0.05) is 5.02 Å². The van der Waals surface area contributed by atoms with Crippen LogP contribution in [0.15, 0.2) is 71.2 Å². The number of hydrogen-bond donors (Lipinski definition) is 1. The van der Waals surface area contributed by atoms with Crippen LogP contribution in [0.1, 0.15) is 12.5 Å². The summed E-state index contributed by atoms with van der Waals surface area (Å²) in [6.07, 6.45) is 0. The topological polar surface area (TPSA) is 69.0 Å². The minimum atomic E-state index is -0.423. The molecule has 9 heteroatoms. The molecule has 0 radical (unpaired) electrons. The molecule has 2 heterocycles. The fraction of sp³-hybridized carbons (Fsp3) is 0.174. The number of anilines is 1. The normalized spacial score (nSPS) is 11.8. The van der Waals surface area contributed by atoms with Crippen molar-refractivity contribution in [3.05, 3.63) is 76.6 Å². The lowest BCUT2D eigenvalue weighted by Gasteiger charge is -2.15. The Bertz CT molecular complexity index is 1200. The van der Waals surface area contributed by atoms with Crippen molar-refractivity contribution in [3.63, 3.8) is 0 Å². The summed E-state index contributed by atoms with van der Waals surface area (Å²) in [7, 11) is 1.55. The molecular formula is C23H21ClN4O2S2. The van der Waals surface area contributed by atoms with E-state index in [4.69, 9.17) is 16.3 Å². The maximum atomic E-state index is 12.9. The molecule has 6 nitrogen and oxygen atoms in total. The second-order valence-electron chi connectivity index (χ2n) is 6.95. The largest absolute Gasteiger partial charge is 0.495 e. The van der Waals surface area contributed by atoms with E-state index in [1.54, 1.807) is 36.6 Å². The molecule has 2 aromatic heterocycles. The molecule has 0 fully saturated rings. The van der Waals surface area contributed by atoms with Gasteiger partial charge in [0.15, 0.2) is 11.0 Å². The number of aromatic nitrogens is 3. The van der Waals surface area contributed by atoms with E-state index in [0.29, 0.717) is 28.2 Å². The molecule has 0 aliphatic rings. The van der Waals surface area contributed by atoms with E-state index in [-0.39, 0.29) is 5.91 Å². The van der Waals surface area contributed by atoms with Gasteiger partial charge in [0.1, 0.15) is 5.75 Å². The molecule has 0 spiro atoms. The maximum Gasteiger partial charge on any atom is 0.237 e. The van der Waals surface area contributed by atoms with Crippen LogP contribution in [0, 0.1) is 0 Å². The van der Waals surface area contributed by atoms with Crippen LogP contribution in [0.4, 0.5) is 5.69 Å². The summed E-state index contributed by atoms with van der Waals surface area (Å²) in [5.41, 5.74) is 1.66. The van der Waals surface area contributed by atoms with Crippen molar-refractivity contribution in [2.75, 3.05) is 12.4 Å². The number of methoxy groups -OCH3 is 1. The van der Waals surface area contributed by atoms with Crippen molar-refractivity contribution >= 4 is 46.3 Å². The Morgan fingerprint density at radius 3 is 2.72 bits per heavy atom. The number of rotatable bonds is 8. The van der Waals surface area contributed by atoms with Crippen LogP contribution in [0.25, 0.3) is 10.7 Å². The first kappa shape index (κ1) is 22.4.